The molecular formula is C28H31F2N5O3. The van der Waals surface area contributed by atoms with Crippen molar-refractivity contribution in [3.8, 4) is 28.3 Å². The lowest BCUT2D eigenvalue weighted by atomic mass is 9.96. The summed E-state index contributed by atoms with van der Waals surface area (Å²) in [5.74, 6) is -0.938. The van der Waals surface area contributed by atoms with Crippen LogP contribution in [0.2, 0.25) is 0 Å². The van der Waals surface area contributed by atoms with Gasteiger partial charge in [0.05, 0.1) is 6.61 Å². The second-order valence-corrected chi connectivity index (χ2v) is 10.0. The second kappa shape index (κ2) is 11.0. The Kier molecular flexibility index (Phi) is 7.53. The summed E-state index contributed by atoms with van der Waals surface area (Å²) >= 11 is 0. The number of hydrogen-bond donors (Lipinski definition) is 2. The van der Waals surface area contributed by atoms with Crippen molar-refractivity contribution in [2.24, 2.45) is 5.92 Å². The highest BCUT2D eigenvalue weighted by Gasteiger charge is 2.24. The zero-order chi connectivity index (χ0) is 26.8. The summed E-state index contributed by atoms with van der Waals surface area (Å²) < 4.78 is 41.8. The molecule has 3 heterocycles. The third kappa shape index (κ3) is 5.46. The maximum absolute atomic E-state index is 15.1. The van der Waals surface area contributed by atoms with Gasteiger partial charge in [-0.05, 0) is 75.2 Å². The van der Waals surface area contributed by atoms with Crippen LogP contribution >= 0.6 is 0 Å². The van der Waals surface area contributed by atoms with Crippen LogP contribution in [0.3, 0.4) is 0 Å². The summed E-state index contributed by atoms with van der Waals surface area (Å²) in [4.78, 5) is 22.4. The molecule has 5 rings (SSSR count). The van der Waals surface area contributed by atoms with Crippen molar-refractivity contribution in [3.63, 3.8) is 0 Å². The molecule has 38 heavy (non-hydrogen) atoms. The van der Waals surface area contributed by atoms with Gasteiger partial charge in [0.15, 0.2) is 5.82 Å². The van der Waals surface area contributed by atoms with Gasteiger partial charge in [-0.2, -0.15) is 9.37 Å². The molecule has 2 aliphatic heterocycles. The molecule has 1 fully saturated rings. The van der Waals surface area contributed by atoms with Crippen LogP contribution in [0.1, 0.15) is 34.3 Å². The van der Waals surface area contributed by atoms with E-state index in [2.05, 4.69) is 15.3 Å². The minimum atomic E-state index is -0.851. The molecule has 3 aromatic rings. The van der Waals surface area contributed by atoms with Crippen LogP contribution in [0.25, 0.3) is 22.5 Å². The highest BCUT2D eigenvalue weighted by molar-refractivity contribution is 5.97. The summed E-state index contributed by atoms with van der Waals surface area (Å²) in [7, 11) is 3.88. The fourth-order valence-corrected chi connectivity index (χ4v) is 4.88. The predicted octanol–water partition coefficient (Wildman–Crippen LogP) is 3.82. The van der Waals surface area contributed by atoms with Gasteiger partial charge in [0.1, 0.15) is 23.0 Å². The first kappa shape index (κ1) is 26.0. The van der Waals surface area contributed by atoms with E-state index in [9.17, 15) is 4.79 Å². The summed E-state index contributed by atoms with van der Waals surface area (Å²) in [5.41, 5.74) is 8.37. The molecule has 2 aromatic carbocycles. The fourth-order valence-electron chi connectivity index (χ4n) is 4.88. The van der Waals surface area contributed by atoms with E-state index in [1.54, 1.807) is 12.1 Å². The second-order valence-electron chi connectivity index (χ2n) is 10.0. The van der Waals surface area contributed by atoms with Gasteiger partial charge in [-0.3, -0.25) is 4.79 Å². The normalized spacial score (nSPS) is 15.9. The topological polar surface area (TPSA) is 103 Å². The van der Waals surface area contributed by atoms with Gasteiger partial charge in [0.2, 0.25) is 5.95 Å². The average Bonchev–Trinajstić information content (AvgIpc) is 2.89. The average molecular weight is 524 g/mol. The number of benzene rings is 2. The van der Waals surface area contributed by atoms with Crippen LogP contribution in [-0.2, 0) is 17.7 Å². The van der Waals surface area contributed by atoms with Crippen molar-refractivity contribution in [3.05, 3.63) is 58.8 Å². The zero-order valence-electron chi connectivity index (χ0n) is 21.5. The van der Waals surface area contributed by atoms with E-state index in [1.165, 1.54) is 6.07 Å². The molecule has 0 unspecified atom stereocenters. The number of nitrogen functional groups attached to an aromatic ring is 1. The summed E-state index contributed by atoms with van der Waals surface area (Å²) in [6.07, 6.45) is 2.46. The SMILES string of the molecule is CN(C)Cc1cc(-c2nc(-c3cc4c(cc3F)C(=O)NCC4)c(N)nc2F)ccc1OCC1CCOCC1. The van der Waals surface area contributed by atoms with Gasteiger partial charge >= 0.3 is 0 Å². The first-order valence-corrected chi connectivity index (χ1v) is 12.7. The number of ether oxygens (including phenoxy) is 2. The lowest BCUT2D eigenvalue weighted by Gasteiger charge is -2.23. The molecule has 0 bridgehead atoms. The number of rotatable bonds is 7. The van der Waals surface area contributed by atoms with Crippen molar-refractivity contribution >= 4 is 11.7 Å². The number of fused-ring (bicyclic) bond motifs is 1. The number of aromatic nitrogens is 2. The lowest BCUT2D eigenvalue weighted by Crippen LogP contribution is -2.32. The molecule has 1 saturated heterocycles. The van der Waals surface area contributed by atoms with Crippen LogP contribution in [0.4, 0.5) is 14.6 Å². The van der Waals surface area contributed by atoms with Gasteiger partial charge in [-0.15, -0.1) is 0 Å². The van der Waals surface area contributed by atoms with Crippen LogP contribution in [0.15, 0.2) is 30.3 Å². The van der Waals surface area contributed by atoms with Gasteiger partial charge in [0.25, 0.3) is 5.91 Å². The number of anilines is 1. The molecule has 0 spiro atoms. The number of nitrogens with zero attached hydrogens (tertiary/aromatic N) is 3. The number of carbonyl (C=O) groups is 1. The number of amides is 1. The maximum atomic E-state index is 15.1. The predicted molar refractivity (Wildman–Crippen MR) is 140 cm³/mol. The lowest BCUT2D eigenvalue weighted by molar-refractivity contribution is 0.0495. The Labute approximate surface area is 220 Å². The van der Waals surface area contributed by atoms with Crippen LogP contribution in [0.5, 0.6) is 5.75 Å². The van der Waals surface area contributed by atoms with Gasteiger partial charge < -0.3 is 25.4 Å². The Morgan fingerprint density at radius 2 is 1.89 bits per heavy atom. The minimum absolute atomic E-state index is 0.0293. The van der Waals surface area contributed by atoms with Crippen LogP contribution < -0.4 is 15.8 Å². The molecule has 200 valence electrons. The highest BCUT2D eigenvalue weighted by Crippen LogP contribution is 2.34. The van der Waals surface area contributed by atoms with Gasteiger partial charge in [-0.1, -0.05) is 0 Å². The minimum Gasteiger partial charge on any atom is -0.493 e. The molecule has 3 N–H and O–H groups in total. The van der Waals surface area contributed by atoms with Gasteiger partial charge in [0, 0.05) is 48.6 Å². The standard InChI is InChI=1S/C28H31F2N5O3/c1-35(2)14-19-11-18(3-4-23(19)38-15-16-6-9-37-10-7-16)24-26(30)34-27(31)25(33-24)21-12-17-5-8-32-28(36)20(17)13-22(21)29/h3-4,11-13,16H,5-10,14-15H2,1-2H3,(H2,31,34)(H,32,36). The van der Waals surface area contributed by atoms with Crippen molar-refractivity contribution in [2.45, 2.75) is 25.8 Å². The summed E-state index contributed by atoms with van der Waals surface area (Å²) in [6.45, 7) is 3.08. The monoisotopic (exact) mass is 523 g/mol. The van der Waals surface area contributed by atoms with E-state index in [-0.39, 0.29) is 34.2 Å². The van der Waals surface area contributed by atoms with Crippen LogP contribution in [-0.4, -0.2) is 61.2 Å². The Hall–Kier alpha value is -3.63. The molecule has 10 heteroatoms. The van der Waals surface area contributed by atoms with E-state index < -0.39 is 11.8 Å². The molecule has 1 aromatic heterocycles. The Morgan fingerprint density at radius 3 is 2.66 bits per heavy atom. The highest BCUT2D eigenvalue weighted by atomic mass is 19.1. The van der Waals surface area contributed by atoms with Crippen molar-refractivity contribution in [1.29, 1.82) is 0 Å². The van der Waals surface area contributed by atoms with E-state index in [0.717, 1.165) is 37.4 Å². The zero-order valence-corrected chi connectivity index (χ0v) is 21.5. The summed E-state index contributed by atoms with van der Waals surface area (Å²) in [6, 6.07) is 8.07. The third-order valence-electron chi connectivity index (χ3n) is 6.89. The van der Waals surface area contributed by atoms with Crippen LogP contribution in [0, 0.1) is 17.7 Å². The van der Waals surface area contributed by atoms with Crippen molar-refractivity contribution in [1.82, 2.24) is 20.2 Å². The molecule has 0 aliphatic carbocycles. The van der Waals surface area contributed by atoms with Gasteiger partial charge in [-0.25, -0.2) is 9.37 Å². The molecular weight excluding hydrogens is 492 g/mol. The number of hydrogen-bond acceptors (Lipinski definition) is 7. The molecule has 0 saturated carbocycles. The third-order valence-corrected chi connectivity index (χ3v) is 6.89. The van der Waals surface area contributed by atoms with Crippen molar-refractivity contribution < 1.29 is 23.0 Å². The fraction of sp³-hybridized carbons (Fsp3) is 0.393. The van der Waals surface area contributed by atoms with E-state index in [0.29, 0.717) is 43.2 Å². The maximum Gasteiger partial charge on any atom is 0.251 e. The number of carbonyl (C=O) groups excluding carboxylic acids is 1. The first-order valence-electron chi connectivity index (χ1n) is 12.7. The Morgan fingerprint density at radius 1 is 1.11 bits per heavy atom. The Balaban J connectivity index is 1.50. The summed E-state index contributed by atoms with van der Waals surface area (Å²) in [5, 5.41) is 2.70. The number of nitrogens with one attached hydrogen (secondary N) is 1. The van der Waals surface area contributed by atoms with E-state index in [4.69, 9.17) is 15.2 Å². The van der Waals surface area contributed by atoms with Crippen molar-refractivity contribution in [2.75, 3.05) is 46.2 Å². The molecule has 8 nitrogen and oxygen atoms in total. The number of halogens is 2. The molecule has 0 atom stereocenters. The molecule has 1 amide bonds. The van der Waals surface area contributed by atoms with E-state index in [1.807, 2.05) is 31.1 Å². The quantitative estimate of drug-likeness (QED) is 0.485. The molecule has 0 radical (unpaired) electrons. The molecule has 2 aliphatic rings. The smallest absolute Gasteiger partial charge is 0.251 e. The Bertz CT molecular complexity index is 1360. The number of nitrogens with two attached hydrogens (primary N) is 1. The van der Waals surface area contributed by atoms with E-state index >= 15 is 8.78 Å². The first-order chi connectivity index (χ1) is 18.3. The largest absolute Gasteiger partial charge is 0.493 e.